The minimum atomic E-state index is -3.06. The van der Waals surface area contributed by atoms with Gasteiger partial charge in [0.15, 0.2) is 9.84 Å². The van der Waals surface area contributed by atoms with Crippen molar-refractivity contribution in [2.75, 3.05) is 31.1 Å². The van der Waals surface area contributed by atoms with Crippen molar-refractivity contribution >= 4 is 21.8 Å². The standard InChI is InChI=1S/C12H22N2O5S/c1-10(2)14(6-4-11(15)16)12(17)13-5-3-8-20(18,19)9-7-13/h10H,3-9H2,1-2H3,(H,15,16). The van der Waals surface area contributed by atoms with E-state index >= 15 is 0 Å². The van der Waals surface area contributed by atoms with E-state index in [0.717, 1.165) is 0 Å². The largest absolute Gasteiger partial charge is 0.481 e. The molecule has 1 N–H and O–H groups in total. The molecule has 20 heavy (non-hydrogen) atoms. The molecule has 1 heterocycles. The van der Waals surface area contributed by atoms with Crippen LogP contribution >= 0.6 is 0 Å². The molecule has 0 bridgehead atoms. The number of aliphatic carboxylic acids is 1. The third-order valence-electron chi connectivity index (χ3n) is 3.26. The summed E-state index contributed by atoms with van der Waals surface area (Å²) in [5.74, 6) is -0.876. The zero-order valence-electron chi connectivity index (χ0n) is 11.9. The lowest BCUT2D eigenvalue weighted by molar-refractivity contribution is -0.137. The molecule has 0 aromatic heterocycles. The van der Waals surface area contributed by atoms with Gasteiger partial charge < -0.3 is 14.9 Å². The molecule has 116 valence electrons. The zero-order chi connectivity index (χ0) is 15.3. The number of hydrogen-bond acceptors (Lipinski definition) is 4. The lowest BCUT2D eigenvalue weighted by Gasteiger charge is -2.32. The van der Waals surface area contributed by atoms with Crippen molar-refractivity contribution in [3.8, 4) is 0 Å². The molecule has 0 aliphatic carbocycles. The summed E-state index contributed by atoms with van der Waals surface area (Å²) in [5, 5.41) is 8.72. The van der Waals surface area contributed by atoms with Crippen LogP contribution in [0.3, 0.4) is 0 Å². The number of hydrogen-bond donors (Lipinski definition) is 1. The van der Waals surface area contributed by atoms with Crippen LogP contribution in [0.4, 0.5) is 4.79 Å². The van der Waals surface area contributed by atoms with Gasteiger partial charge in [-0.1, -0.05) is 0 Å². The number of carboxylic acids is 1. The third kappa shape index (κ3) is 4.99. The van der Waals surface area contributed by atoms with Crippen LogP contribution in [0.5, 0.6) is 0 Å². The summed E-state index contributed by atoms with van der Waals surface area (Å²) in [6.07, 6.45) is 0.314. The number of nitrogens with zero attached hydrogens (tertiary/aromatic N) is 2. The van der Waals surface area contributed by atoms with Gasteiger partial charge in [-0.05, 0) is 20.3 Å². The second-order valence-electron chi connectivity index (χ2n) is 5.21. The minimum absolute atomic E-state index is 0.0242. The Kier molecular flexibility index (Phi) is 5.79. The summed E-state index contributed by atoms with van der Waals surface area (Å²) in [7, 11) is -3.06. The Morgan fingerprint density at radius 3 is 2.45 bits per heavy atom. The van der Waals surface area contributed by atoms with Crippen LogP contribution in [0.15, 0.2) is 0 Å². The maximum absolute atomic E-state index is 12.4. The number of carboxylic acid groups (broad SMARTS) is 1. The van der Waals surface area contributed by atoms with Crippen molar-refractivity contribution in [3.05, 3.63) is 0 Å². The van der Waals surface area contributed by atoms with E-state index in [2.05, 4.69) is 0 Å². The lowest BCUT2D eigenvalue weighted by atomic mass is 10.3. The minimum Gasteiger partial charge on any atom is -0.481 e. The predicted octanol–water partition coefficient (Wildman–Crippen LogP) is 0.412. The SMILES string of the molecule is CC(C)N(CCC(=O)O)C(=O)N1CCCS(=O)(=O)CC1. The smallest absolute Gasteiger partial charge is 0.320 e. The first-order valence-electron chi connectivity index (χ1n) is 6.70. The van der Waals surface area contributed by atoms with Crippen molar-refractivity contribution in [3.63, 3.8) is 0 Å². The van der Waals surface area contributed by atoms with E-state index in [1.54, 1.807) is 0 Å². The van der Waals surface area contributed by atoms with Crippen LogP contribution < -0.4 is 0 Å². The highest BCUT2D eigenvalue weighted by Gasteiger charge is 2.27. The fourth-order valence-electron chi connectivity index (χ4n) is 2.10. The molecule has 0 saturated carbocycles. The number of rotatable bonds is 4. The van der Waals surface area contributed by atoms with E-state index in [1.807, 2.05) is 13.8 Å². The summed E-state index contributed by atoms with van der Waals surface area (Å²) in [6, 6.07) is -0.403. The summed E-state index contributed by atoms with van der Waals surface area (Å²) >= 11 is 0. The Morgan fingerprint density at radius 2 is 1.90 bits per heavy atom. The quantitative estimate of drug-likeness (QED) is 0.812. The normalized spacial score (nSPS) is 18.6. The first-order chi connectivity index (χ1) is 9.23. The number of amides is 2. The number of carbonyl (C=O) groups is 2. The summed E-state index contributed by atoms with van der Waals surface area (Å²) in [4.78, 5) is 26.0. The average molecular weight is 306 g/mol. The zero-order valence-corrected chi connectivity index (χ0v) is 12.7. The number of carbonyl (C=O) groups excluding carboxylic acids is 1. The van der Waals surface area contributed by atoms with Gasteiger partial charge in [-0.3, -0.25) is 4.79 Å². The first-order valence-corrected chi connectivity index (χ1v) is 8.53. The Balaban J connectivity index is 2.71. The van der Waals surface area contributed by atoms with Crippen LogP contribution in [0.2, 0.25) is 0 Å². The molecule has 0 aromatic rings. The van der Waals surface area contributed by atoms with E-state index in [-0.39, 0.29) is 43.1 Å². The molecule has 1 fully saturated rings. The highest BCUT2D eigenvalue weighted by atomic mass is 32.2. The lowest BCUT2D eigenvalue weighted by Crippen LogP contribution is -2.48. The number of sulfone groups is 1. The highest BCUT2D eigenvalue weighted by molar-refractivity contribution is 7.91. The molecule has 0 radical (unpaired) electrons. The summed E-state index contributed by atoms with van der Waals surface area (Å²) < 4.78 is 23.1. The third-order valence-corrected chi connectivity index (χ3v) is 4.98. The molecule has 0 atom stereocenters. The van der Waals surface area contributed by atoms with Gasteiger partial charge in [-0.25, -0.2) is 13.2 Å². The summed E-state index contributed by atoms with van der Waals surface area (Å²) in [6.45, 7) is 4.34. The maximum Gasteiger partial charge on any atom is 0.320 e. The van der Waals surface area contributed by atoms with Gasteiger partial charge in [0.2, 0.25) is 0 Å². The molecular formula is C12H22N2O5S. The Hall–Kier alpha value is -1.31. The molecule has 1 aliphatic rings. The Labute approximate surface area is 119 Å². The van der Waals surface area contributed by atoms with E-state index in [4.69, 9.17) is 5.11 Å². The van der Waals surface area contributed by atoms with Crippen LogP contribution in [0, 0.1) is 0 Å². The summed E-state index contributed by atoms with van der Waals surface area (Å²) in [5.41, 5.74) is 0. The molecule has 7 nitrogen and oxygen atoms in total. The maximum atomic E-state index is 12.4. The van der Waals surface area contributed by atoms with E-state index in [9.17, 15) is 18.0 Å². The topological polar surface area (TPSA) is 95.0 Å². The van der Waals surface area contributed by atoms with Gasteiger partial charge in [0.25, 0.3) is 0 Å². The monoisotopic (exact) mass is 306 g/mol. The van der Waals surface area contributed by atoms with E-state index in [1.165, 1.54) is 9.80 Å². The van der Waals surface area contributed by atoms with Crippen molar-refractivity contribution in [1.82, 2.24) is 9.80 Å². The van der Waals surface area contributed by atoms with Crippen LogP contribution in [-0.2, 0) is 14.6 Å². The van der Waals surface area contributed by atoms with Gasteiger partial charge in [0.05, 0.1) is 17.9 Å². The van der Waals surface area contributed by atoms with Crippen molar-refractivity contribution in [1.29, 1.82) is 0 Å². The van der Waals surface area contributed by atoms with Gasteiger partial charge in [0, 0.05) is 25.7 Å². The predicted molar refractivity (Wildman–Crippen MR) is 74.3 cm³/mol. The van der Waals surface area contributed by atoms with Gasteiger partial charge >= 0.3 is 12.0 Å². The van der Waals surface area contributed by atoms with Crippen LogP contribution in [0.25, 0.3) is 0 Å². The Morgan fingerprint density at radius 1 is 1.25 bits per heavy atom. The molecule has 1 rings (SSSR count). The van der Waals surface area contributed by atoms with E-state index in [0.29, 0.717) is 13.0 Å². The Bertz CT molecular complexity index is 460. The van der Waals surface area contributed by atoms with Crippen LogP contribution in [0.1, 0.15) is 26.7 Å². The van der Waals surface area contributed by atoms with Crippen molar-refractivity contribution in [2.24, 2.45) is 0 Å². The first kappa shape index (κ1) is 16.7. The van der Waals surface area contributed by atoms with Gasteiger partial charge in [0.1, 0.15) is 0 Å². The average Bonchev–Trinajstić information content (AvgIpc) is 2.49. The van der Waals surface area contributed by atoms with E-state index < -0.39 is 15.8 Å². The van der Waals surface area contributed by atoms with Crippen molar-refractivity contribution in [2.45, 2.75) is 32.7 Å². The molecule has 0 spiro atoms. The van der Waals surface area contributed by atoms with Crippen molar-refractivity contribution < 1.29 is 23.1 Å². The van der Waals surface area contributed by atoms with Crippen LogP contribution in [-0.4, -0.2) is 72.5 Å². The molecule has 8 heteroatoms. The number of urea groups is 1. The fourth-order valence-corrected chi connectivity index (χ4v) is 3.37. The van der Waals surface area contributed by atoms with Gasteiger partial charge in [-0.15, -0.1) is 0 Å². The van der Waals surface area contributed by atoms with Gasteiger partial charge in [-0.2, -0.15) is 0 Å². The molecule has 0 aromatic carbocycles. The molecule has 2 amide bonds. The fraction of sp³-hybridized carbons (Fsp3) is 0.833. The molecule has 1 aliphatic heterocycles. The highest BCUT2D eigenvalue weighted by Crippen LogP contribution is 2.11. The second kappa shape index (κ2) is 6.92. The molecule has 0 unspecified atom stereocenters. The second-order valence-corrected chi connectivity index (χ2v) is 7.51. The molecular weight excluding hydrogens is 284 g/mol. The molecule has 1 saturated heterocycles.